The Balaban J connectivity index is 1.96. The Kier molecular flexibility index (Phi) is 6.53. The number of carbonyl (C=O) groups excluding carboxylic acids is 2. The normalized spacial score (nSPS) is 11.3. The summed E-state index contributed by atoms with van der Waals surface area (Å²) >= 11 is 5.91. The summed E-state index contributed by atoms with van der Waals surface area (Å²) in [6.45, 7) is 1.54. The van der Waals surface area contributed by atoms with Gasteiger partial charge in [-0.3, -0.25) is 14.9 Å². The summed E-state index contributed by atoms with van der Waals surface area (Å²) in [6.07, 6.45) is 0. The van der Waals surface area contributed by atoms with Crippen LogP contribution >= 0.6 is 11.6 Å². The Labute approximate surface area is 209 Å². The number of anilines is 1. The average Bonchev–Trinajstić information content (AvgIpc) is 3.19. The molecule has 0 bridgehead atoms. The van der Waals surface area contributed by atoms with E-state index < -0.39 is 37.4 Å². The number of non-ortho nitro benzene ring substituents is 1. The number of aryl methyl sites for hydroxylation is 1. The quantitative estimate of drug-likeness (QED) is 0.191. The molecular formula is C24H17ClN2O8S. The van der Waals surface area contributed by atoms with E-state index in [1.54, 1.807) is 6.92 Å². The Morgan fingerprint density at radius 1 is 1.06 bits per heavy atom. The Morgan fingerprint density at radius 2 is 1.75 bits per heavy atom. The first-order valence-corrected chi connectivity index (χ1v) is 12.1. The fourth-order valence-corrected chi connectivity index (χ4v) is 5.20. The number of fused-ring (bicyclic) bond motifs is 1. The fourth-order valence-electron chi connectivity index (χ4n) is 3.63. The number of ether oxygens (including phenoxy) is 1. The van der Waals surface area contributed by atoms with Crippen molar-refractivity contribution < 1.29 is 32.1 Å². The lowest BCUT2D eigenvalue weighted by Gasteiger charge is -2.23. The highest BCUT2D eigenvalue weighted by Gasteiger charge is 2.34. The van der Waals surface area contributed by atoms with E-state index in [0.717, 1.165) is 18.2 Å². The number of nitro benzene ring substituents is 1. The molecular weight excluding hydrogens is 512 g/mol. The smallest absolute Gasteiger partial charge is 0.342 e. The maximum absolute atomic E-state index is 13.7. The second-order valence-electron chi connectivity index (χ2n) is 7.54. The largest absolute Gasteiger partial charge is 0.465 e. The number of benzene rings is 3. The van der Waals surface area contributed by atoms with Crippen molar-refractivity contribution in [3.8, 4) is 0 Å². The lowest BCUT2D eigenvalue weighted by Crippen LogP contribution is -2.37. The van der Waals surface area contributed by atoms with Crippen LogP contribution in [0.2, 0.25) is 5.02 Å². The van der Waals surface area contributed by atoms with Crippen molar-refractivity contribution in [2.45, 2.75) is 11.8 Å². The number of carbonyl (C=O) groups is 2. The zero-order chi connectivity index (χ0) is 26.2. The number of esters is 1. The average molecular weight is 529 g/mol. The maximum atomic E-state index is 13.7. The molecule has 0 saturated carbocycles. The first-order chi connectivity index (χ1) is 17.0. The molecule has 1 amide bonds. The molecule has 0 aliphatic rings. The second kappa shape index (κ2) is 9.44. The van der Waals surface area contributed by atoms with Crippen LogP contribution in [0, 0.1) is 17.0 Å². The van der Waals surface area contributed by atoms with Crippen LogP contribution in [0.25, 0.3) is 11.0 Å². The predicted molar refractivity (Wildman–Crippen MR) is 131 cm³/mol. The number of amides is 1. The second-order valence-corrected chi connectivity index (χ2v) is 9.76. The van der Waals surface area contributed by atoms with E-state index >= 15 is 0 Å². The van der Waals surface area contributed by atoms with Crippen LogP contribution in [0.15, 0.2) is 76.0 Å². The van der Waals surface area contributed by atoms with Crippen LogP contribution < -0.4 is 4.31 Å². The highest BCUT2D eigenvalue weighted by Crippen LogP contribution is 2.34. The molecule has 4 rings (SSSR count). The zero-order valence-electron chi connectivity index (χ0n) is 18.8. The van der Waals surface area contributed by atoms with Crippen molar-refractivity contribution >= 4 is 55.8 Å². The van der Waals surface area contributed by atoms with E-state index in [1.165, 1.54) is 55.6 Å². The number of furan rings is 1. The monoisotopic (exact) mass is 528 g/mol. The first-order valence-electron chi connectivity index (χ1n) is 10.3. The molecule has 0 radical (unpaired) electrons. The van der Waals surface area contributed by atoms with Gasteiger partial charge in [-0.05, 0) is 55.5 Å². The van der Waals surface area contributed by atoms with Crippen molar-refractivity contribution in [2.75, 3.05) is 11.4 Å². The molecule has 12 heteroatoms. The maximum Gasteiger partial charge on any atom is 0.342 e. The number of sulfonamides is 1. The standard InChI is InChI=1S/C24H17ClN2O8S/c1-14-22(24(29)34-2)20-13-17(10-11-21(20)35-14)26(23(28)15-6-8-16(25)9-7-15)36(32,33)19-5-3-4-18(12-19)27(30)31/h3-13H,1-2H3. The van der Waals surface area contributed by atoms with Crippen molar-refractivity contribution in [2.24, 2.45) is 0 Å². The molecule has 0 saturated heterocycles. The van der Waals surface area contributed by atoms with E-state index in [4.69, 9.17) is 20.8 Å². The minimum absolute atomic E-state index is 0.00920. The minimum atomic E-state index is -4.67. The van der Waals surface area contributed by atoms with Crippen LogP contribution in [-0.4, -0.2) is 32.3 Å². The van der Waals surface area contributed by atoms with Crippen LogP contribution in [0.1, 0.15) is 26.5 Å². The van der Waals surface area contributed by atoms with Crippen LogP contribution in [0.4, 0.5) is 11.4 Å². The number of hydrogen-bond donors (Lipinski definition) is 0. The zero-order valence-corrected chi connectivity index (χ0v) is 20.4. The molecule has 0 N–H and O–H groups in total. The summed E-state index contributed by atoms with van der Waals surface area (Å²) in [5, 5.41) is 11.8. The third kappa shape index (κ3) is 4.41. The molecule has 1 aromatic heterocycles. The molecule has 36 heavy (non-hydrogen) atoms. The number of nitrogens with zero attached hydrogens (tertiary/aromatic N) is 2. The summed E-state index contributed by atoms with van der Waals surface area (Å²) in [5.41, 5.74) is -0.266. The van der Waals surface area contributed by atoms with Gasteiger partial charge in [0, 0.05) is 28.1 Å². The molecule has 3 aromatic carbocycles. The van der Waals surface area contributed by atoms with E-state index in [1.807, 2.05) is 0 Å². The van der Waals surface area contributed by atoms with Gasteiger partial charge in [0.15, 0.2) is 0 Å². The van der Waals surface area contributed by atoms with Gasteiger partial charge < -0.3 is 9.15 Å². The van der Waals surface area contributed by atoms with Crippen molar-refractivity contribution in [1.29, 1.82) is 0 Å². The summed E-state index contributed by atoms with van der Waals surface area (Å²) < 4.78 is 38.4. The van der Waals surface area contributed by atoms with Gasteiger partial charge >= 0.3 is 5.97 Å². The predicted octanol–water partition coefficient (Wildman–Crippen LogP) is 5.13. The van der Waals surface area contributed by atoms with Gasteiger partial charge in [0.05, 0.1) is 22.6 Å². The lowest BCUT2D eigenvalue weighted by molar-refractivity contribution is -0.385. The number of nitro groups is 1. The van der Waals surface area contributed by atoms with Crippen LogP contribution in [0.3, 0.4) is 0 Å². The number of rotatable bonds is 6. The van der Waals surface area contributed by atoms with Crippen molar-refractivity contribution in [3.05, 3.63) is 98.8 Å². The van der Waals surface area contributed by atoms with Crippen LogP contribution in [-0.2, 0) is 14.8 Å². The molecule has 1 heterocycles. The number of hydrogen-bond acceptors (Lipinski definition) is 8. The van der Waals surface area contributed by atoms with Gasteiger partial charge in [-0.25, -0.2) is 13.2 Å². The highest BCUT2D eigenvalue weighted by atomic mass is 35.5. The van der Waals surface area contributed by atoms with E-state index in [9.17, 15) is 28.1 Å². The van der Waals surface area contributed by atoms with Gasteiger partial charge in [-0.15, -0.1) is 0 Å². The molecule has 0 fully saturated rings. The van der Waals surface area contributed by atoms with E-state index in [0.29, 0.717) is 9.33 Å². The Bertz CT molecular complexity index is 1630. The molecule has 0 spiro atoms. The third-order valence-corrected chi connectivity index (χ3v) is 7.27. The van der Waals surface area contributed by atoms with E-state index in [2.05, 4.69) is 0 Å². The topological polar surface area (TPSA) is 137 Å². The summed E-state index contributed by atoms with van der Waals surface area (Å²) in [4.78, 5) is 35.9. The van der Waals surface area contributed by atoms with Crippen molar-refractivity contribution in [3.63, 3.8) is 0 Å². The van der Waals surface area contributed by atoms with Crippen LogP contribution in [0.5, 0.6) is 0 Å². The van der Waals surface area contributed by atoms with Gasteiger partial charge in [0.2, 0.25) is 0 Å². The highest BCUT2D eigenvalue weighted by molar-refractivity contribution is 7.93. The molecule has 0 atom stereocenters. The summed E-state index contributed by atoms with van der Waals surface area (Å²) in [7, 11) is -3.48. The molecule has 184 valence electrons. The third-order valence-electron chi connectivity index (χ3n) is 5.31. The Morgan fingerprint density at radius 3 is 2.39 bits per heavy atom. The summed E-state index contributed by atoms with van der Waals surface area (Å²) in [6, 6.07) is 13.9. The van der Waals surface area contributed by atoms with Gasteiger partial charge in [0.25, 0.3) is 21.6 Å². The number of methoxy groups -OCH3 is 1. The molecule has 0 aliphatic carbocycles. The first kappa shape index (κ1) is 24.9. The summed E-state index contributed by atoms with van der Waals surface area (Å²) in [5.74, 6) is -1.41. The molecule has 10 nitrogen and oxygen atoms in total. The van der Waals surface area contributed by atoms with Gasteiger partial charge in [-0.2, -0.15) is 4.31 Å². The molecule has 0 unspecified atom stereocenters. The fraction of sp³-hybridized carbons (Fsp3) is 0.0833. The van der Waals surface area contributed by atoms with Gasteiger partial charge in [0.1, 0.15) is 16.9 Å². The van der Waals surface area contributed by atoms with Gasteiger partial charge in [-0.1, -0.05) is 17.7 Å². The number of halogens is 1. The Hall–Kier alpha value is -4.22. The SMILES string of the molecule is COC(=O)c1c(C)oc2ccc(N(C(=O)c3ccc(Cl)cc3)S(=O)(=O)c3cccc([N+](=O)[O-])c3)cc12. The molecule has 0 aliphatic heterocycles. The molecule has 4 aromatic rings. The lowest BCUT2D eigenvalue weighted by atomic mass is 10.1. The van der Waals surface area contributed by atoms with Crippen molar-refractivity contribution in [1.82, 2.24) is 0 Å². The minimum Gasteiger partial charge on any atom is -0.465 e. The van der Waals surface area contributed by atoms with E-state index in [-0.39, 0.29) is 33.5 Å².